The summed E-state index contributed by atoms with van der Waals surface area (Å²) < 4.78 is 1.08. The third-order valence-electron chi connectivity index (χ3n) is 2.82. The SMILES string of the molecule is N#CCC1CNCCN1c1cccc(Br)c1. The molecular formula is C12H14BrN3. The Morgan fingerprint density at radius 1 is 1.56 bits per heavy atom. The van der Waals surface area contributed by atoms with E-state index in [4.69, 9.17) is 5.26 Å². The third-order valence-corrected chi connectivity index (χ3v) is 3.31. The average molecular weight is 280 g/mol. The maximum Gasteiger partial charge on any atom is 0.0643 e. The lowest BCUT2D eigenvalue weighted by Gasteiger charge is -2.37. The van der Waals surface area contributed by atoms with E-state index >= 15 is 0 Å². The summed E-state index contributed by atoms with van der Waals surface area (Å²) in [7, 11) is 0. The van der Waals surface area contributed by atoms with Gasteiger partial charge in [-0.1, -0.05) is 22.0 Å². The Morgan fingerprint density at radius 2 is 2.44 bits per heavy atom. The van der Waals surface area contributed by atoms with Gasteiger partial charge in [0, 0.05) is 29.8 Å². The highest BCUT2D eigenvalue weighted by molar-refractivity contribution is 9.10. The van der Waals surface area contributed by atoms with Crippen LogP contribution in [-0.2, 0) is 0 Å². The molecular weight excluding hydrogens is 266 g/mol. The van der Waals surface area contributed by atoms with Gasteiger partial charge in [0.1, 0.15) is 0 Å². The molecule has 1 aliphatic rings. The first-order valence-electron chi connectivity index (χ1n) is 5.41. The van der Waals surface area contributed by atoms with E-state index in [1.165, 1.54) is 5.69 Å². The van der Waals surface area contributed by atoms with Crippen LogP contribution >= 0.6 is 15.9 Å². The molecule has 0 aromatic heterocycles. The molecule has 0 spiro atoms. The van der Waals surface area contributed by atoms with E-state index < -0.39 is 0 Å². The van der Waals surface area contributed by atoms with Crippen molar-refractivity contribution < 1.29 is 0 Å². The summed E-state index contributed by atoms with van der Waals surface area (Å²) in [5, 5.41) is 12.2. The monoisotopic (exact) mass is 279 g/mol. The molecule has 0 aliphatic carbocycles. The molecule has 1 fully saturated rings. The Labute approximate surface area is 104 Å². The Hall–Kier alpha value is -1.05. The van der Waals surface area contributed by atoms with E-state index in [1.54, 1.807) is 0 Å². The first-order chi connectivity index (χ1) is 7.81. The highest BCUT2D eigenvalue weighted by atomic mass is 79.9. The fraction of sp³-hybridized carbons (Fsp3) is 0.417. The molecule has 0 saturated carbocycles. The number of nitrogens with zero attached hydrogens (tertiary/aromatic N) is 2. The first-order valence-corrected chi connectivity index (χ1v) is 6.20. The van der Waals surface area contributed by atoms with Crippen molar-refractivity contribution in [3.8, 4) is 6.07 Å². The molecule has 4 heteroatoms. The molecule has 0 bridgehead atoms. The van der Waals surface area contributed by atoms with Gasteiger partial charge in [-0.3, -0.25) is 0 Å². The van der Waals surface area contributed by atoms with Gasteiger partial charge in [0.2, 0.25) is 0 Å². The highest BCUT2D eigenvalue weighted by Gasteiger charge is 2.21. The molecule has 1 N–H and O–H groups in total. The number of piperazine rings is 1. The van der Waals surface area contributed by atoms with Crippen LogP contribution in [0.3, 0.4) is 0 Å². The minimum atomic E-state index is 0.285. The largest absolute Gasteiger partial charge is 0.365 e. The molecule has 1 saturated heterocycles. The second-order valence-electron chi connectivity index (χ2n) is 3.89. The van der Waals surface area contributed by atoms with E-state index in [-0.39, 0.29) is 6.04 Å². The smallest absolute Gasteiger partial charge is 0.0643 e. The van der Waals surface area contributed by atoms with E-state index in [0.29, 0.717) is 6.42 Å². The van der Waals surface area contributed by atoms with Crippen molar-refractivity contribution in [3.63, 3.8) is 0 Å². The molecule has 16 heavy (non-hydrogen) atoms. The van der Waals surface area contributed by atoms with Crippen LogP contribution in [0.2, 0.25) is 0 Å². The molecule has 1 aliphatic heterocycles. The maximum atomic E-state index is 8.82. The van der Waals surface area contributed by atoms with Gasteiger partial charge < -0.3 is 10.2 Å². The van der Waals surface area contributed by atoms with Gasteiger partial charge in [-0.15, -0.1) is 0 Å². The molecule has 0 amide bonds. The number of hydrogen-bond acceptors (Lipinski definition) is 3. The lowest BCUT2D eigenvalue weighted by atomic mass is 10.1. The van der Waals surface area contributed by atoms with Crippen molar-refractivity contribution in [2.75, 3.05) is 24.5 Å². The van der Waals surface area contributed by atoms with E-state index in [2.05, 4.69) is 44.3 Å². The molecule has 1 aromatic rings. The second-order valence-corrected chi connectivity index (χ2v) is 4.81. The predicted octanol–water partition coefficient (Wildman–Crippen LogP) is 2.14. The maximum absolute atomic E-state index is 8.82. The van der Waals surface area contributed by atoms with Crippen LogP contribution in [0.25, 0.3) is 0 Å². The number of anilines is 1. The summed E-state index contributed by atoms with van der Waals surface area (Å²) in [4.78, 5) is 2.31. The van der Waals surface area contributed by atoms with E-state index in [9.17, 15) is 0 Å². The summed E-state index contributed by atoms with van der Waals surface area (Å²) in [5.74, 6) is 0. The van der Waals surface area contributed by atoms with Gasteiger partial charge in [-0.2, -0.15) is 5.26 Å². The molecule has 0 radical (unpaired) electrons. The number of halogens is 1. The van der Waals surface area contributed by atoms with Crippen molar-refractivity contribution in [1.29, 1.82) is 5.26 Å². The summed E-state index contributed by atoms with van der Waals surface area (Å²) >= 11 is 3.48. The lowest BCUT2D eigenvalue weighted by Crippen LogP contribution is -2.51. The van der Waals surface area contributed by atoms with E-state index in [0.717, 1.165) is 24.1 Å². The van der Waals surface area contributed by atoms with Crippen LogP contribution in [0.1, 0.15) is 6.42 Å². The van der Waals surface area contributed by atoms with E-state index in [1.807, 2.05) is 12.1 Å². The van der Waals surface area contributed by atoms with Crippen LogP contribution in [0.4, 0.5) is 5.69 Å². The van der Waals surface area contributed by atoms with Crippen LogP contribution in [0.5, 0.6) is 0 Å². The normalized spacial score (nSPS) is 20.5. The van der Waals surface area contributed by atoms with Crippen LogP contribution in [-0.4, -0.2) is 25.7 Å². The molecule has 1 aromatic carbocycles. The molecule has 1 heterocycles. The summed E-state index contributed by atoms with van der Waals surface area (Å²) in [5.41, 5.74) is 1.19. The number of benzene rings is 1. The molecule has 84 valence electrons. The topological polar surface area (TPSA) is 39.1 Å². The Bertz CT molecular complexity index is 399. The Balaban J connectivity index is 2.20. The van der Waals surface area contributed by atoms with Gasteiger partial charge in [-0.25, -0.2) is 0 Å². The number of rotatable bonds is 2. The molecule has 1 atom stereocenters. The predicted molar refractivity (Wildman–Crippen MR) is 68.4 cm³/mol. The number of nitriles is 1. The zero-order valence-corrected chi connectivity index (χ0v) is 10.6. The van der Waals surface area contributed by atoms with Crippen LogP contribution < -0.4 is 10.2 Å². The first kappa shape index (κ1) is 11.4. The van der Waals surface area contributed by atoms with Gasteiger partial charge in [0.25, 0.3) is 0 Å². The van der Waals surface area contributed by atoms with Crippen LogP contribution in [0.15, 0.2) is 28.7 Å². The molecule has 1 unspecified atom stereocenters. The quantitative estimate of drug-likeness (QED) is 0.902. The molecule has 3 nitrogen and oxygen atoms in total. The van der Waals surface area contributed by atoms with Gasteiger partial charge in [-0.05, 0) is 18.2 Å². The Morgan fingerprint density at radius 3 is 3.19 bits per heavy atom. The average Bonchev–Trinajstić information content (AvgIpc) is 2.30. The zero-order valence-electron chi connectivity index (χ0n) is 8.99. The van der Waals surface area contributed by atoms with Crippen molar-refractivity contribution in [2.24, 2.45) is 0 Å². The van der Waals surface area contributed by atoms with Crippen molar-refractivity contribution >= 4 is 21.6 Å². The zero-order chi connectivity index (χ0) is 11.4. The molecule has 2 rings (SSSR count). The minimum Gasteiger partial charge on any atom is -0.365 e. The van der Waals surface area contributed by atoms with Crippen molar-refractivity contribution in [1.82, 2.24) is 5.32 Å². The number of nitrogens with one attached hydrogen (secondary N) is 1. The van der Waals surface area contributed by atoms with Gasteiger partial charge >= 0.3 is 0 Å². The minimum absolute atomic E-state index is 0.285. The fourth-order valence-electron chi connectivity index (χ4n) is 2.04. The lowest BCUT2D eigenvalue weighted by molar-refractivity contribution is 0.481. The summed E-state index contributed by atoms with van der Waals surface area (Å²) in [6.07, 6.45) is 0.569. The summed E-state index contributed by atoms with van der Waals surface area (Å²) in [6.45, 7) is 2.83. The van der Waals surface area contributed by atoms with Crippen molar-refractivity contribution in [3.05, 3.63) is 28.7 Å². The van der Waals surface area contributed by atoms with Gasteiger partial charge in [0.15, 0.2) is 0 Å². The number of hydrogen-bond donors (Lipinski definition) is 1. The van der Waals surface area contributed by atoms with Gasteiger partial charge in [0.05, 0.1) is 18.5 Å². The fourth-order valence-corrected chi connectivity index (χ4v) is 2.43. The van der Waals surface area contributed by atoms with Crippen LogP contribution in [0, 0.1) is 11.3 Å². The van der Waals surface area contributed by atoms with Crippen molar-refractivity contribution in [2.45, 2.75) is 12.5 Å². The third kappa shape index (κ3) is 2.55. The summed E-state index contributed by atoms with van der Waals surface area (Å²) in [6, 6.07) is 10.8. The Kier molecular flexibility index (Phi) is 3.81. The standard InChI is InChI=1S/C12H14BrN3/c13-10-2-1-3-11(8-10)16-7-6-15-9-12(16)4-5-14/h1-3,8,12,15H,4,6-7,9H2. The second kappa shape index (κ2) is 5.33. The highest BCUT2D eigenvalue weighted by Crippen LogP contribution is 2.23.